The number of hydrogen-bond donors (Lipinski definition) is 0. The van der Waals surface area contributed by atoms with Crippen molar-refractivity contribution in [2.75, 3.05) is 31.8 Å². The number of rotatable bonds is 9. The molecule has 10 nitrogen and oxygen atoms in total. The molecule has 2 aliphatic rings. The number of aromatic nitrogens is 1. The van der Waals surface area contributed by atoms with Gasteiger partial charge < -0.3 is 14.2 Å². The molecule has 1 atom stereocenters. The van der Waals surface area contributed by atoms with Gasteiger partial charge in [-0.2, -0.15) is 0 Å². The first-order valence-corrected chi connectivity index (χ1v) is 15.5. The van der Waals surface area contributed by atoms with Crippen molar-refractivity contribution in [2.45, 2.75) is 39.7 Å². The first kappa shape index (κ1) is 30.4. The summed E-state index contributed by atoms with van der Waals surface area (Å²) < 4.78 is 18.6. The van der Waals surface area contributed by atoms with E-state index in [0.717, 1.165) is 15.8 Å². The Morgan fingerprint density at radius 2 is 1.79 bits per heavy atom. The molecule has 0 aliphatic carbocycles. The van der Waals surface area contributed by atoms with Crippen LogP contribution < -0.4 is 24.5 Å². The van der Waals surface area contributed by atoms with Gasteiger partial charge in [0.05, 0.1) is 42.9 Å². The van der Waals surface area contributed by atoms with Crippen molar-refractivity contribution in [3.63, 3.8) is 0 Å². The number of allylic oxidation sites excluding steroid dienone is 1. The van der Waals surface area contributed by atoms with Crippen LogP contribution >= 0.6 is 27.3 Å². The minimum atomic E-state index is -0.930. The molecule has 1 aromatic heterocycles. The highest BCUT2D eigenvalue weighted by molar-refractivity contribution is 9.10. The molecule has 0 N–H and O–H groups in total. The van der Waals surface area contributed by atoms with Gasteiger partial charge in [-0.3, -0.25) is 23.9 Å². The Hall–Kier alpha value is -4.03. The summed E-state index contributed by atoms with van der Waals surface area (Å²) >= 11 is 4.59. The molecule has 0 unspecified atom stereocenters. The van der Waals surface area contributed by atoms with Gasteiger partial charge in [-0.25, -0.2) is 9.79 Å². The van der Waals surface area contributed by atoms with Crippen LogP contribution in [0.3, 0.4) is 0 Å². The number of hydrogen-bond acceptors (Lipinski definition) is 9. The van der Waals surface area contributed by atoms with E-state index in [-0.39, 0.29) is 35.4 Å². The Morgan fingerprint density at radius 1 is 1.05 bits per heavy atom. The zero-order valence-corrected chi connectivity index (χ0v) is 26.5. The first-order chi connectivity index (χ1) is 20.7. The van der Waals surface area contributed by atoms with E-state index in [1.807, 2.05) is 6.92 Å². The maximum absolute atomic E-state index is 14.4. The SMILES string of the molecule is CCCC1=C(C(=O)OCC)[C@@H](c2cc(Br)ccc2OC)n2c(s/c(=C3\C(=O)N(CC(=O)OCC)c4ccccc43)c2=O)=N1. The van der Waals surface area contributed by atoms with Gasteiger partial charge in [0.2, 0.25) is 0 Å². The van der Waals surface area contributed by atoms with Crippen molar-refractivity contribution in [2.24, 2.45) is 4.99 Å². The van der Waals surface area contributed by atoms with Gasteiger partial charge in [0, 0.05) is 15.6 Å². The van der Waals surface area contributed by atoms with Gasteiger partial charge in [0.1, 0.15) is 22.9 Å². The number of methoxy groups -OCH3 is 1. The maximum Gasteiger partial charge on any atom is 0.338 e. The van der Waals surface area contributed by atoms with Gasteiger partial charge in [-0.15, -0.1) is 0 Å². The molecule has 2 aliphatic heterocycles. The summed E-state index contributed by atoms with van der Waals surface area (Å²) in [6.45, 7) is 5.41. The van der Waals surface area contributed by atoms with Crippen molar-refractivity contribution >= 4 is 56.4 Å². The highest BCUT2D eigenvalue weighted by atomic mass is 79.9. The van der Waals surface area contributed by atoms with Crippen LogP contribution in [0, 0.1) is 0 Å². The van der Waals surface area contributed by atoms with Gasteiger partial charge >= 0.3 is 11.9 Å². The van der Waals surface area contributed by atoms with Crippen LogP contribution in [-0.4, -0.2) is 49.3 Å². The van der Waals surface area contributed by atoms with E-state index >= 15 is 0 Å². The summed E-state index contributed by atoms with van der Waals surface area (Å²) in [6, 6.07) is 11.4. The van der Waals surface area contributed by atoms with E-state index in [2.05, 4.69) is 15.9 Å². The van der Waals surface area contributed by atoms with E-state index in [4.69, 9.17) is 19.2 Å². The standard InChI is InChI=1S/C31H30BrN3O7S/c1-5-10-20-25(30(39)42-7-3)26(19-15-17(32)13-14-22(19)40-4)35-29(38)27(43-31(35)33-20)24-18-11-8-9-12-21(18)34(28(24)37)16-23(36)41-6-2/h8-9,11-15,26H,5-7,10,16H2,1-4H3/b27-24-/t26-/m1/s1. The lowest BCUT2D eigenvalue weighted by Gasteiger charge is -2.27. The Labute approximate surface area is 260 Å². The fourth-order valence-corrected chi connectivity index (χ4v) is 6.87. The van der Waals surface area contributed by atoms with Crippen LogP contribution in [0.5, 0.6) is 5.75 Å². The van der Waals surface area contributed by atoms with E-state index in [9.17, 15) is 19.2 Å². The lowest BCUT2D eigenvalue weighted by atomic mass is 9.93. The van der Waals surface area contributed by atoms with Crippen LogP contribution in [-0.2, 0) is 23.9 Å². The molecule has 2 aromatic carbocycles. The average molecular weight is 669 g/mol. The molecule has 3 heterocycles. The van der Waals surface area contributed by atoms with Crippen LogP contribution in [0.4, 0.5) is 5.69 Å². The molecular formula is C31H30BrN3O7S. The summed E-state index contributed by atoms with van der Waals surface area (Å²) in [5, 5.41) is 0. The van der Waals surface area contributed by atoms with Crippen molar-refractivity contribution in [1.29, 1.82) is 0 Å². The molecule has 12 heteroatoms. The second kappa shape index (κ2) is 12.7. The topological polar surface area (TPSA) is 117 Å². The van der Waals surface area contributed by atoms with Gasteiger partial charge in [-0.1, -0.05) is 58.8 Å². The Bertz CT molecular complexity index is 1840. The maximum atomic E-state index is 14.4. The van der Waals surface area contributed by atoms with E-state index < -0.39 is 29.4 Å². The van der Waals surface area contributed by atoms with Gasteiger partial charge in [0.15, 0.2) is 4.80 Å². The molecule has 5 rings (SSSR count). The van der Waals surface area contributed by atoms with Crippen molar-refractivity contribution in [1.82, 2.24) is 4.57 Å². The molecule has 43 heavy (non-hydrogen) atoms. The van der Waals surface area contributed by atoms with Gasteiger partial charge in [0.25, 0.3) is 11.5 Å². The molecular weight excluding hydrogens is 638 g/mol. The number of para-hydroxylation sites is 1. The molecule has 1 amide bonds. The van der Waals surface area contributed by atoms with E-state index in [0.29, 0.717) is 45.9 Å². The highest BCUT2D eigenvalue weighted by Gasteiger charge is 2.39. The van der Waals surface area contributed by atoms with Crippen molar-refractivity contribution in [3.05, 3.63) is 89.0 Å². The molecule has 0 spiro atoms. The third-order valence-electron chi connectivity index (χ3n) is 7.10. The number of ether oxygens (including phenoxy) is 3. The van der Waals surface area contributed by atoms with Crippen molar-refractivity contribution < 1.29 is 28.6 Å². The molecule has 3 aromatic rings. The van der Waals surface area contributed by atoms with Crippen LogP contribution in [0.1, 0.15) is 50.8 Å². The number of esters is 2. The third kappa shape index (κ3) is 5.45. The fraction of sp³-hybridized carbons (Fsp3) is 0.323. The number of benzene rings is 2. The molecule has 0 fully saturated rings. The highest BCUT2D eigenvalue weighted by Crippen LogP contribution is 2.39. The Kier molecular flexibility index (Phi) is 8.97. The first-order valence-electron chi connectivity index (χ1n) is 13.9. The summed E-state index contributed by atoms with van der Waals surface area (Å²) in [4.78, 5) is 60.7. The number of amides is 1. The predicted molar refractivity (Wildman–Crippen MR) is 165 cm³/mol. The monoisotopic (exact) mass is 667 g/mol. The number of nitrogens with zero attached hydrogens (tertiary/aromatic N) is 3. The number of carbonyl (C=O) groups is 3. The number of thiazole rings is 1. The lowest BCUT2D eigenvalue weighted by Crippen LogP contribution is -2.41. The van der Waals surface area contributed by atoms with Gasteiger partial charge in [-0.05, 0) is 44.5 Å². The molecule has 0 radical (unpaired) electrons. The molecule has 0 bridgehead atoms. The molecule has 224 valence electrons. The zero-order valence-electron chi connectivity index (χ0n) is 24.1. The van der Waals surface area contributed by atoms with E-state index in [1.54, 1.807) is 56.3 Å². The van der Waals surface area contributed by atoms with Crippen LogP contribution in [0.25, 0.3) is 5.57 Å². The zero-order chi connectivity index (χ0) is 30.8. The smallest absolute Gasteiger partial charge is 0.338 e. The second-order valence-corrected chi connectivity index (χ2v) is 11.6. The molecule has 0 saturated carbocycles. The Morgan fingerprint density at radius 3 is 2.49 bits per heavy atom. The molecule has 0 saturated heterocycles. The van der Waals surface area contributed by atoms with Crippen LogP contribution in [0.15, 0.2) is 68.0 Å². The van der Waals surface area contributed by atoms with E-state index in [1.165, 1.54) is 16.6 Å². The predicted octanol–water partition coefficient (Wildman–Crippen LogP) is 3.63. The Balaban J connectivity index is 1.83. The summed E-state index contributed by atoms with van der Waals surface area (Å²) in [6.07, 6.45) is 1.16. The quantitative estimate of drug-likeness (QED) is 0.320. The fourth-order valence-electron chi connectivity index (χ4n) is 5.38. The summed E-state index contributed by atoms with van der Waals surface area (Å²) in [7, 11) is 1.52. The lowest BCUT2D eigenvalue weighted by molar-refractivity contribution is -0.142. The number of halogens is 1. The second-order valence-electron chi connectivity index (χ2n) is 9.71. The normalized spacial score (nSPS) is 16.9. The summed E-state index contributed by atoms with van der Waals surface area (Å²) in [5.74, 6) is -1.16. The number of fused-ring (bicyclic) bond motifs is 2. The third-order valence-corrected chi connectivity index (χ3v) is 8.64. The summed E-state index contributed by atoms with van der Waals surface area (Å²) in [5.41, 5.74) is 2.01. The van der Waals surface area contributed by atoms with Crippen molar-refractivity contribution in [3.8, 4) is 5.75 Å². The minimum Gasteiger partial charge on any atom is -0.496 e. The largest absolute Gasteiger partial charge is 0.496 e. The number of anilines is 1. The van der Waals surface area contributed by atoms with Crippen LogP contribution in [0.2, 0.25) is 0 Å². The average Bonchev–Trinajstić information content (AvgIpc) is 3.45. The number of carbonyl (C=O) groups excluding carboxylic acids is 3. The minimum absolute atomic E-state index is 0.139.